The Balaban J connectivity index is 0.872. The van der Waals surface area contributed by atoms with E-state index in [1.54, 1.807) is 0 Å². The second-order valence-corrected chi connectivity index (χ2v) is 24.4. The Morgan fingerprint density at radius 1 is 0.197 bits per heavy atom. The molecule has 342 valence electrons. The standard InChI is InChI=1S/C71H58/c1-67(2)55-25-17-15-21-43(55)45-29-27-39(31-57(45)67)49-33-63-65(47-23-13-11-19-41(47)49)53-37-59-51(35-61(53)70(63,7)8)52-36-62-54(38-60(52)69(59,5)6)66-48-24-14-12-20-42(48)50(34-64(66)71(62,9)10)40-28-30-46-44-22-16-18-26-56(44)68(3,4)58(46)32-40/h11-38H,1-10H3. The summed E-state index contributed by atoms with van der Waals surface area (Å²) in [6.45, 7) is 24.4. The molecule has 0 bridgehead atoms. The van der Waals surface area contributed by atoms with E-state index >= 15 is 0 Å². The van der Waals surface area contributed by atoms with Gasteiger partial charge in [0.05, 0.1) is 0 Å². The third-order valence-electron chi connectivity index (χ3n) is 19.1. The van der Waals surface area contributed by atoms with Crippen molar-refractivity contribution in [2.24, 2.45) is 0 Å². The molecule has 0 unspecified atom stereocenters. The third kappa shape index (κ3) is 5.02. The first-order valence-electron chi connectivity index (χ1n) is 26.0. The van der Waals surface area contributed by atoms with Crippen molar-refractivity contribution in [2.45, 2.75) is 96.3 Å². The minimum Gasteiger partial charge on any atom is -0.0619 e. The van der Waals surface area contributed by atoms with E-state index < -0.39 is 0 Å². The number of fused-ring (bicyclic) bond motifs is 19. The fourth-order valence-electron chi connectivity index (χ4n) is 15.1. The average molecular weight is 911 g/mol. The van der Waals surface area contributed by atoms with Gasteiger partial charge in [-0.15, -0.1) is 0 Å². The van der Waals surface area contributed by atoms with Crippen molar-refractivity contribution in [3.05, 3.63) is 225 Å². The summed E-state index contributed by atoms with van der Waals surface area (Å²) in [5.41, 5.74) is 32.7. The van der Waals surface area contributed by atoms with Crippen LogP contribution in [0, 0.1) is 0 Å². The number of rotatable bonds is 2. The highest BCUT2D eigenvalue weighted by molar-refractivity contribution is 6.12. The van der Waals surface area contributed by atoms with Crippen LogP contribution in [0.25, 0.3) is 99.4 Å². The average Bonchev–Trinajstić information content (AvgIpc) is 4.01. The molecule has 0 spiro atoms. The van der Waals surface area contributed by atoms with Crippen molar-refractivity contribution in [2.75, 3.05) is 0 Å². The second-order valence-electron chi connectivity index (χ2n) is 24.4. The Hall–Kier alpha value is -7.28. The van der Waals surface area contributed by atoms with Gasteiger partial charge in [-0.25, -0.2) is 0 Å². The van der Waals surface area contributed by atoms with E-state index in [0.717, 1.165) is 0 Å². The first kappa shape index (κ1) is 41.5. The van der Waals surface area contributed by atoms with Gasteiger partial charge in [0.25, 0.3) is 0 Å². The minimum atomic E-state index is -0.200. The van der Waals surface area contributed by atoms with Gasteiger partial charge in [0.15, 0.2) is 0 Å². The van der Waals surface area contributed by atoms with E-state index in [2.05, 4.69) is 239 Å². The normalized spacial score (nSPS) is 17.4. The van der Waals surface area contributed by atoms with Gasteiger partial charge in [-0.05, 0) is 204 Å². The summed E-state index contributed by atoms with van der Waals surface area (Å²) >= 11 is 0. The summed E-state index contributed by atoms with van der Waals surface area (Å²) < 4.78 is 0. The molecule has 0 amide bonds. The van der Waals surface area contributed by atoms with Crippen LogP contribution >= 0.6 is 0 Å². The predicted molar refractivity (Wildman–Crippen MR) is 300 cm³/mol. The van der Waals surface area contributed by atoms with Crippen LogP contribution in [0.3, 0.4) is 0 Å². The van der Waals surface area contributed by atoms with Crippen LogP contribution in [0.15, 0.2) is 170 Å². The largest absolute Gasteiger partial charge is 0.0619 e. The Morgan fingerprint density at radius 3 is 0.901 bits per heavy atom. The lowest BCUT2D eigenvalue weighted by molar-refractivity contribution is 0.649. The van der Waals surface area contributed by atoms with Crippen LogP contribution in [0.1, 0.15) is 125 Å². The fraction of sp³-hybridized carbons (Fsp3) is 0.211. The fourth-order valence-corrected chi connectivity index (χ4v) is 15.1. The number of hydrogen-bond acceptors (Lipinski definition) is 0. The molecule has 0 fully saturated rings. The Morgan fingerprint density at radius 2 is 0.479 bits per heavy atom. The van der Waals surface area contributed by atoms with Crippen molar-refractivity contribution < 1.29 is 0 Å². The van der Waals surface area contributed by atoms with E-state index in [1.165, 1.54) is 155 Å². The SMILES string of the molecule is CC1(C)c2ccccc2-c2ccc(-c3cc4c(c5ccccc35)-c3cc5c(cc3C4(C)C)-c3cc4c(cc3C5(C)C)-c3c(cc(-c5ccc6c(c5)C(C)(C)c5ccccc5-6)c5ccccc35)C4(C)C)cc21. The van der Waals surface area contributed by atoms with Crippen LogP contribution in [0.5, 0.6) is 0 Å². The minimum absolute atomic E-state index is 0.0589. The maximum atomic E-state index is 2.62. The summed E-state index contributed by atoms with van der Waals surface area (Å²) in [5.74, 6) is 0. The van der Waals surface area contributed by atoms with Crippen LogP contribution in [-0.2, 0) is 27.1 Å². The second kappa shape index (κ2) is 13.2. The number of benzene rings is 10. The third-order valence-corrected chi connectivity index (χ3v) is 19.1. The highest BCUT2D eigenvalue weighted by atomic mass is 14.5. The van der Waals surface area contributed by atoms with Gasteiger partial charge in [-0.3, -0.25) is 0 Å². The van der Waals surface area contributed by atoms with E-state index in [1.807, 2.05) is 0 Å². The summed E-state index contributed by atoms with van der Waals surface area (Å²) in [6.07, 6.45) is 0. The van der Waals surface area contributed by atoms with E-state index in [-0.39, 0.29) is 27.1 Å². The zero-order valence-corrected chi connectivity index (χ0v) is 42.7. The first-order chi connectivity index (χ1) is 34.0. The maximum Gasteiger partial charge on any atom is 0.0159 e. The lowest BCUT2D eigenvalue weighted by atomic mass is 9.78. The molecular formula is C71H58. The van der Waals surface area contributed by atoms with Crippen LogP contribution in [0.2, 0.25) is 0 Å². The Kier molecular flexibility index (Phi) is 7.69. The molecule has 15 rings (SSSR count). The quantitative estimate of drug-likeness (QED) is 0.162. The van der Waals surface area contributed by atoms with Crippen molar-refractivity contribution >= 4 is 21.5 Å². The summed E-state index contributed by atoms with van der Waals surface area (Å²) in [5, 5.41) is 5.34. The van der Waals surface area contributed by atoms with Gasteiger partial charge in [0.1, 0.15) is 0 Å². The molecule has 0 aromatic heterocycles. The molecule has 10 aromatic carbocycles. The molecule has 0 saturated heterocycles. The van der Waals surface area contributed by atoms with Crippen LogP contribution < -0.4 is 0 Å². The molecule has 0 atom stereocenters. The molecular weight excluding hydrogens is 853 g/mol. The molecule has 0 N–H and O–H groups in total. The molecule has 0 saturated carbocycles. The lowest BCUT2D eigenvalue weighted by Crippen LogP contribution is -2.17. The van der Waals surface area contributed by atoms with Gasteiger partial charge in [0.2, 0.25) is 0 Å². The van der Waals surface area contributed by atoms with Gasteiger partial charge in [-0.1, -0.05) is 191 Å². The monoisotopic (exact) mass is 910 g/mol. The van der Waals surface area contributed by atoms with Crippen molar-refractivity contribution in [3.8, 4) is 77.9 Å². The van der Waals surface area contributed by atoms with E-state index in [4.69, 9.17) is 0 Å². The smallest absolute Gasteiger partial charge is 0.0159 e. The molecule has 5 aliphatic carbocycles. The molecule has 71 heavy (non-hydrogen) atoms. The Labute approximate surface area is 419 Å². The molecule has 5 aliphatic rings. The van der Waals surface area contributed by atoms with Crippen LogP contribution in [0.4, 0.5) is 0 Å². The van der Waals surface area contributed by atoms with Gasteiger partial charge < -0.3 is 0 Å². The van der Waals surface area contributed by atoms with E-state index in [0.29, 0.717) is 0 Å². The highest BCUT2D eigenvalue weighted by Crippen LogP contribution is 2.62. The highest BCUT2D eigenvalue weighted by Gasteiger charge is 2.46. The molecule has 10 aromatic rings. The van der Waals surface area contributed by atoms with Gasteiger partial charge >= 0.3 is 0 Å². The first-order valence-corrected chi connectivity index (χ1v) is 26.0. The summed E-state index contributed by atoms with van der Waals surface area (Å²) in [6, 6.07) is 66.5. The zero-order valence-electron chi connectivity index (χ0n) is 42.7. The summed E-state index contributed by atoms with van der Waals surface area (Å²) in [4.78, 5) is 0. The van der Waals surface area contributed by atoms with E-state index in [9.17, 15) is 0 Å². The zero-order chi connectivity index (χ0) is 48.5. The van der Waals surface area contributed by atoms with Crippen molar-refractivity contribution in [3.63, 3.8) is 0 Å². The molecule has 0 nitrogen and oxygen atoms in total. The van der Waals surface area contributed by atoms with Crippen LogP contribution in [-0.4, -0.2) is 0 Å². The molecule has 0 aliphatic heterocycles. The number of hydrogen-bond donors (Lipinski definition) is 0. The molecule has 0 radical (unpaired) electrons. The molecule has 0 heterocycles. The van der Waals surface area contributed by atoms with Crippen molar-refractivity contribution in [1.82, 2.24) is 0 Å². The topological polar surface area (TPSA) is 0 Å². The maximum absolute atomic E-state index is 2.62. The lowest BCUT2D eigenvalue weighted by Gasteiger charge is -2.25. The summed E-state index contributed by atoms with van der Waals surface area (Å²) in [7, 11) is 0. The predicted octanol–water partition coefficient (Wildman–Crippen LogP) is 18.9. The Bertz CT molecular complexity index is 3850. The molecule has 0 heteroatoms. The van der Waals surface area contributed by atoms with Gasteiger partial charge in [-0.2, -0.15) is 0 Å². The van der Waals surface area contributed by atoms with Gasteiger partial charge in [0, 0.05) is 27.1 Å². The van der Waals surface area contributed by atoms with Crippen molar-refractivity contribution in [1.29, 1.82) is 0 Å².